The minimum absolute atomic E-state index is 0.207. The Morgan fingerprint density at radius 2 is 1.16 bits per heavy atom. The molecule has 64 heavy (non-hydrogen) atoms. The summed E-state index contributed by atoms with van der Waals surface area (Å²) in [6.07, 6.45) is 17.6. The molecule has 4 heteroatoms. The van der Waals surface area contributed by atoms with Gasteiger partial charge in [0.2, 0.25) is 0 Å². The highest BCUT2D eigenvalue weighted by atomic mass is 15.4. The molecule has 0 amide bonds. The van der Waals surface area contributed by atoms with E-state index in [0.717, 1.165) is 70.8 Å². The van der Waals surface area contributed by atoms with Crippen molar-refractivity contribution >= 4 is 39.7 Å². The molecule has 2 aromatic heterocycles. The second-order valence-corrected chi connectivity index (χ2v) is 17.0. The molecule has 0 radical (unpaired) electrons. The van der Waals surface area contributed by atoms with E-state index in [4.69, 9.17) is 4.98 Å². The Morgan fingerprint density at radius 1 is 0.500 bits per heavy atom. The first-order chi connectivity index (χ1) is 31.7. The largest absolute Gasteiger partial charge is 0.358 e. The number of nitrogens with one attached hydrogen (secondary N) is 1. The van der Waals surface area contributed by atoms with Crippen LogP contribution < -0.4 is 10.2 Å². The molecule has 1 N–H and O–H groups in total. The third-order valence-electron chi connectivity index (χ3n) is 13.1. The molecule has 3 aliphatic rings. The van der Waals surface area contributed by atoms with E-state index >= 15 is 0 Å². The van der Waals surface area contributed by atoms with E-state index in [1.165, 1.54) is 61.1 Å². The zero-order valence-corrected chi connectivity index (χ0v) is 35.5. The van der Waals surface area contributed by atoms with Crippen LogP contribution in [0.5, 0.6) is 0 Å². The summed E-state index contributed by atoms with van der Waals surface area (Å²) in [5, 5.41) is 5.37. The Kier molecular flexibility index (Phi) is 9.48. The van der Waals surface area contributed by atoms with Crippen LogP contribution >= 0.6 is 0 Å². The van der Waals surface area contributed by atoms with Gasteiger partial charge in [0.15, 0.2) is 5.82 Å². The van der Waals surface area contributed by atoms with Crippen LogP contribution in [0.25, 0.3) is 72.7 Å². The third-order valence-corrected chi connectivity index (χ3v) is 13.1. The van der Waals surface area contributed by atoms with Crippen LogP contribution in [0.4, 0.5) is 17.2 Å². The van der Waals surface area contributed by atoms with Crippen molar-refractivity contribution < 1.29 is 0 Å². The third kappa shape index (κ3) is 6.76. The van der Waals surface area contributed by atoms with Gasteiger partial charge in [0.1, 0.15) is 6.17 Å². The van der Waals surface area contributed by atoms with Gasteiger partial charge in [-0.1, -0.05) is 152 Å². The number of benzene rings is 7. The molecule has 7 aromatic carbocycles. The average Bonchev–Trinajstić information content (AvgIpc) is 3.94. The average molecular weight is 823 g/mol. The maximum Gasteiger partial charge on any atom is 0.159 e. The standard InChI is InChI=1S/C60H46N4/c1-4-16-41(17-5-1)44-30-32-45(33-31-44)59-62-58-53(47-23-15-24-51(40-47)63-56-28-12-10-26-54(56)55-27-11-13-29-57(55)63)34-35-61-60(58)64(59)52-25-14-22-46(39-52)50-37-48(42-18-6-2-7-19-42)36-49(38-50)43-20-8-3-9-21-43/h1-2,4-8,10,12-26,28-40,59,62H,3,9,11,27H2. The van der Waals surface area contributed by atoms with Gasteiger partial charge in [-0.3, -0.25) is 4.90 Å². The van der Waals surface area contributed by atoms with Gasteiger partial charge in [0.05, 0.1) is 11.2 Å². The minimum atomic E-state index is -0.207. The molecule has 0 saturated carbocycles. The van der Waals surface area contributed by atoms with Gasteiger partial charge in [0, 0.05) is 34.2 Å². The number of pyridine rings is 1. The maximum absolute atomic E-state index is 5.18. The Labute approximate surface area is 374 Å². The van der Waals surface area contributed by atoms with Crippen LogP contribution in [-0.2, 0) is 6.42 Å². The van der Waals surface area contributed by atoms with Crippen molar-refractivity contribution in [1.29, 1.82) is 0 Å². The molecule has 0 bridgehead atoms. The Morgan fingerprint density at radius 3 is 1.95 bits per heavy atom. The smallest absolute Gasteiger partial charge is 0.159 e. The number of hydrogen-bond acceptors (Lipinski definition) is 3. The van der Waals surface area contributed by atoms with Gasteiger partial charge >= 0.3 is 0 Å². The van der Waals surface area contributed by atoms with Crippen LogP contribution in [-0.4, -0.2) is 9.55 Å². The Hall–Kier alpha value is -7.95. The monoisotopic (exact) mass is 822 g/mol. The normalized spacial score (nSPS) is 15.2. The van der Waals surface area contributed by atoms with Crippen molar-refractivity contribution in [2.45, 2.75) is 31.8 Å². The predicted molar refractivity (Wildman–Crippen MR) is 268 cm³/mol. The van der Waals surface area contributed by atoms with Crippen LogP contribution in [0, 0.1) is 0 Å². The highest BCUT2D eigenvalue weighted by molar-refractivity contribution is 5.95. The molecule has 0 fully saturated rings. The molecule has 0 saturated heterocycles. The fourth-order valence-corrected chi connectivity index (χ4v) is 10.0. The maximum atomic E-state index is 5.18. The van der Waals surface area contributed by atoms with Gasteiger partial charge in [0.25, 0.3) is 0 Å². The van der Waals surface area contributed by atoms with Gasteiger partial charge in [-0.25, -0.2) is 4.98 Å². The van der Waals surface area contributed by atoms with Crippen LogP contribution in [0.2, 0.25) is 0 Å². The summed E-state index contributed by atoms with van der Waals surface area (Å²) in [4.78, 5) is 7.57. The SMILES string of the molecule is C1=CC(c2cc(-c3ccccc3)cc(-c3cccc(N4c5nccc(-c6cccc(-n7c8c(c9ccccc97)CCC=C8)c6)c5NC4c4ccc(-c5ccccc5)cc4)c3)c2)=CCC1. The fraction of sp³-hybridized carbons (Fsp3) is 0.0833. The summed E-state index contributed by atoms with van der Waals surface area (Å²) < 4.78 is 2.44. The number of rotatable bonds is 8. The Bertz CT molecular complexity index is 3300. The van der Waals surface area contributed by atoms with Gasteiger partial charge in [-0.15, -0.1) is 0 Å². The number of aryl methyl sites for hydroxylation is 1. The van der Waals surface area contributed by atoms with Crippen LogP contribution in [0.15, 0.2) is 212 Å². The molecule has 1 aliphatic heterocycles. The molecular weight excluding hydrogens is 777 g/mol. The topological polar surface area (TPSA) is 33.1 Å². The molecule has 1 unspecified atom stereocenters. The van der Waals surface area contributed by atoms with E-state index in [1.54, 1.807) is 0 Å². The Balaban J connectivity index is 0.988. The number of allylic oxidation sites excluding steroid dienone is 5. The van der Waals surface area contributed by atoms with E-state index < -0.39 is 0 Å². The first-order valence-corrected chi connectivity index (χ1v) is 22.5. The molecule has 4 nitrogen and oxygen atoms in total. The lowest BCUT2D eigenvalue weighted by Crippen LogP contribution is -2.23. The summed E-state index contributed by atoms with van der Waals surface area (Å²) in [6.45, 7) is 0. The molecule has 2 aliphatic carbocycles. The second kappa shape index (κ2) is 16.1. The summed E-state index contributed by atoms with van der Waals surface area (Å²) in [5.41, 5.74) is 20.3. The zero-order chi connectivity index (χ0) is 42.4. The van der Waals surface area contributed by atoms with Gasteiger partial charge in [-0.2, -0.15) is 0 Å². The molecule has 306 valence electrons. The van der Waals surface area contributed by atoms with E-state index in [2.05, 4.69) is 227 Å². The highest BCUT2D eigenvalue weighted by Crippen LogP contribution is 2.50. The molecule has 9 aromatic rings. The summed E-state index contributed by atoms with van der Waals surface area (Å²) in [5.74, 6) is 0.903. The molecule has 3 heterocycles. The first kappa shape index (κ1) is 37.8. The second-order valence-electron chi connectivity index (χ2n) is 17.0. The van der Waals surface area contributed by atoms with E-state index in [9.17, 15) is 0 Å². The fourth-order valence-electron chi connectivity index (χ4n) is 10.0. The number of hydrogen-bond donors (Lipinski definition) is 1. The lowest BCUT2D eigenvalue weighted by Gasteiger charge is -2.27. The summed E-state index contributed by atoms with van der Waals surface area (Å²) in [6, 6.07) is 66.4. The predicted octanol–water partition coefficient (Wildman–Crippen LogP) is 15.6. The zero-order valence-electron chi connectivity index (χ0n) is 35.5. The lowest BCUT2D eigenvalue weighted by atomic mass is 9.91. The minimum Gasteiger partial charge on any atom is -0.358 e. The summed E-state index contributed by atoms with van der Waals surface area (Å²) in [7, 11) is 0. The first-order valence-electron chi connectivity index (χ1n) is 22.5. The van der Waals surface area contributed by atoms with Gasteiger partial charge < -0.3 is 9.88 Å². The van der Waals surface area contributed by atoms with Gasteiger partial charge in [-0.05, 0) is 148 Å². The van der Waals surface area contributed by atoms with Crippen molar-refractivity contribution in [3.8, 4) is 50.2 Å². The van der Waals surface area contributed by atoms with Crippen molar-refractivity contribution in [3.05, 3.63) is 235 Å². The van der Waals surface area contributed by atoms with Crippen LogP contribution in [0.1, 0.15) is 47.8 Å². The van der Waals surface area contributed by atoms with Crippen molar-refractivity contribution in [3.63, 3.8) is 0 Å². The number of nitrogens with zero attached hydrogens (tertiary/aromatic N) is 3. The van der Waals surface area contributed by atoms with E-state index in [1.807, 2.05) is 6.20 Å². The molecule has 0 spiro atoms. The molecule has 12 rings (SSSR count). The lowest BCUT2D eigenvalue weighted by molar-refractivity contribution is 0.821. The number of para-hydroxylation sites is 1. The highest BCUT2D eigenvalue weighted by Gasteiger charge is 2.35. The molecule has 1 atom stereocenters. The molecular formula is C60H46N4. The number of fused-ring (bicyclic) bond motifs is 4. The number of aromatic nitrogens is 2. The van der Waals surface area contributed by atoms with E-state index in [0.29, 0.717) is 0 Å². The number of anilines is 3. The van der Waals surface area contributed by atoms with E-state index in [-0.39, 0.29) is 6.17 Å². The van der Waals surface area contributed by atoms with Crippen LogP contribution in [0.3, 0.4) is 0 Å². The quantitative estimate of drug-likeness (QED) is 0.166. The van der Waals surface area contributed by atoms with Crippen molar-refractivity contribution in [2.24, 2.45) is 0 Å². The van der Waals surface area contributed by atoms with Crippen molar-refractivity contribution in [2.75, 3.05) is 10.2 Å². The summed E-state index contributed by atoms with van der Waals surface area (Å²) >= 11 is 0. The van der Waals surface area contributed by atoms with Crippen molar-refractivity contribution in [1.82, 2.24) is 9.55 Å².